The number of β-amino-alcohol motifs (C(OH)–C–C–N with tert-alkyl or cyclic N) is 1. The van der Waals surface area contributed by atoms with Crippen molar-refractivity contribution in [3.63, 3.8) is 0 Å². The molecule has 0 aromatic heterocycles. The van der Waals surface area contributed by atoms with E-state index in [1.165, 1.54) is 5.56 Å². The van der Waals surface area contributed by atoms with Gasteiger partial charge in [0.25, 0.3) is 0 Å². The van der Waals surface area contributed by atoms with Gasteiger partial charge < -0.3 is 19.8 Å². The van der Waals surface area contributed by atoms with Crippen molar-refractivity contribution >= 4 is 5.69 Å². The lowest BCUT2D eigenvalue weighted by Crippen LogP contribution is -2.52. The Morgan fingerprint density at radius 2 is 2.14 bits per heavy atom. The van der Waals surface area contributed by atoms with Gasteiger partial charge in [-0.3, -0.25) is 0 Å². The number of hydrogen-bond acceptors (Lipinski definition) is 4. The normalized spacial score (nSPS) is 21.8. The summed E-state index contributed by atoms with van der Waals surface area (Å²) in [5.41, 5.74) is 2.23. The molecule has 1 aliphatic heterocycles. The van der Waals surface area contributed by atoms with E-state index in [0.717, 1.165) is 17.9 Å². The summed E-state index contributed by atoms with van der Waals surface area (Å²) < 4.78 is 5.81. The first-order chi connectivity index (χ1) is 9.90. The predicted octanol–water partition coefficient (Wildman–Crippen LogP) is 2.53. The van der Waals surface area contributed by atoms with Crippen LogP contribution in [0.3, 0.4) is 0 Å². The molecule has 0 saturated heterocycles. The lowest BCUT2D eigenvalue weighted by Gasteiger charge is -2.48. The molecular formula is C17H27NO3. The van der Waals surface area contributed by atoms with Crippen LogP contribution < -0.4 is 9.64 Å². The third kappa shape index (κ3) is 3.16. The number of ether oxygens (including phenoxy) is 1. The van der Waals surface area contributed by atoms with Crippen LogP contribution in [0, 0.1) is 0 Å². The van der Waals surface area contributed by atoms with Crippen LogP contribution in [0.2, 0.25) is 0 Å². The van der Waals surface area contributed by atoms with E-state index in [4.69, 9.17) is 4.74 Å². The van der Waals surface area contributed by atoms with Gasteiger partial charge in [0.05, 0.1) is 25.0 Å². The number of aliphatic hydroxyl groups excluding tert-OH is 2. The fraction of sp³-hybridized carbons (Fsp3) is 0.647. The molecule has 2 rings (SSSR count). The molecule has 1 aromatic rings. The lowest BCUT2D eigenvalue weighted by molar-refractivity contribution is 0.0943. The van der Waals surface area contributed by atoms with Crippen molar-refractivity contribution < 1.29 is 14.9 Å². The molecule has 4 nitrogen and oxygen atoms in total. The Morgan fingerprint density at radius 1 is 1.43 bits per heavy atom. The molecule has 1 aliphatic rings. The number of rotatable bonds is 5. The average molecular weight is 293 g/mol. The van der Waals surface area contributed by atoms with E-state index in [2.05, 4.69) is 31.7 Å². The molecular weight excluding hydrogens is 266 g/mol. The second kappa shape index (κ2) is 6.24. The van der Waals surface area contributed by atoms with Gasteiger partial charge in [-0.2, -0.15) is 0 Å². The van der Waals surface area contributed by atoms with Crippen molar-refractivity contribution in [2.75, 3.05) is 24.7 Å². The van der Waals surface area contributed by atoms with Crippen molar-refractivity contribution in [3.8, 4) is 5.75 Å². The molecule has 0 spiro atoms. The van der Waals surface area contributed by atoms with Crippen molar-refractivity contribution in [1.82, 2.24) is 0 Å². The van der Waals surface area contributed by atoms with Crippen LogP contribution in [-0.4, -0.2) is 41.6 Å². The zero-order chi connectivity index (χ0) is 15.6. The van der Waals surface area contributed by atoms with Gasteiger partial charge in [-0.15, -0.1) is 0 Å². The van der Waals surface area contributed by atoms with Gasteiger partial charge in [0.1, 0.15) is 5.75 Å². The highest BCUT2D eigenvalue weighted by atomic mass is 16.5. The van der Waals surface area contributed by atoms with E-state index in [1.54, 1.807) is 0 Å². The van der Waals surface area contributed by atoms with E-state index in [-0.39, 0.29) is 12.1 Å². The molecule has 0 fully saturated rings. The Hall–Kier alpha value is -1.26. The second-order valence-corrected chi connectivity index (χ2v) is 6.49. The molecule has 1 aromatic carbocycles. The third-order valence-electron chi connectivity index (χ3n) is 4.27. The molecule has 0 aliphatic carbocycles. The molecule has 2 atom stereocenters. The van der Waals surface area contributed by atoms with Crippen LogP contribution in [-0.2, 0) is 0 Å². The van der Waals surface area contributed by atoms with Crippen LogP contribution >= 0.6 is 0 Å². The van der Waals surface area contributed by atoms with Gasteiger partial charge in [0.2, 0.25) is 0 Å². The minimum absolute atomic E-state index is 0.0875. The minimum Gasteiger partial charge on any atom is -0.492 e. The Bertz CT molecular complexity index is 487. The zero-order valence-electron chi connectivity index (χ0n) is 13.5. The van der Waals surface area contributed by atoms with Gasteiger partial charge in [-0.1, -0.05) is 19.1 Å². The van der Waals surface area contributed by atoms with E-state index in [1.807, 2.05) is 19.1 Å². The second-order valence-electron chi connectivity index (χ2n) is 6.49. The van der Waals surface area contributed by atoms with Crippen LogP contribution in [0.1, 0.15) is 45.6 Å². The van der Waals surface area contributed by atoms with Gasteiger partial charge in [0, 0.05) is 12.1 Å². The highest BCUT2D eigenvalue weighted by molar-refractivity contribution is 5.68. The lowest BCUT2D eigenvalue weighted by atomic mass is 9.79. The van der Waals surface area contributed by atoms with Crippen molar-refractivity contribution in [3.05, 3.63) is 23.8 Å². The molecule has 2 unspecified atom stereocenters. The third-order valence-corrected chi connectivity index (χ3v) is 4.27. The molecule has 0 amide bonds. The van der Waals surface area contributed by atoms with Crippen LogP contribution in [0.4, 0.5) is 5.69 Å². The summed E-state index contributed by atoms with van der Waals surface area (Å²) in [5.74, 6) is 1.30. The maximum Gasteiger partial charge on any atom is 0.142 e. The first-order valence-electron chi connectivity index (χ1n) is 7.73. The van der Waals surface area contributed by atoms with Crippen LogP contribution in [0.25, 0.3) is 0 Å². The summed E-state index contributed by atoms with van der Waals surface area (Å²) in [7, 11) is 0. The monoisotopic (exact) mass is 293 g/mol. The first-order valence-corrected chi connectivity index (χ1v) is 7.73. The largest absolute Gasteiger partial charge is 0.492 e. The molecule has 0 radical (unpaired) electrons. The molecule has 4 heteroatoms. The van der Waals surface area contributed by atoms with Crippen LogP contribution in [0.15, 0.2) is 18.2 Å². The topological polar surface area (TPSA) is 52.9 Å². The fourth-order valence-corrected chi connectivity index (χ4v) is 3.38. The van der Waals surface area contributed by atoms with Gasteiger partial charge >= 0.3 is 0 Å². The van der Waals surface area contributed by atoms with E-state index >= 15 is 0 Å². The smallest absolute Gasteiger partial charge is 0.142 e. The summed E-state index contributed by atoms with van der Waals surface area (Å²) in [6.45, 7) is 9.36. The highest BCUT2D eigenvalue weighted by Gasteiger charge is 2.38. The maximum absolute atomic E-state index is 9.92. The summed E-state index contributed by atoms with van der Waals surface area (Å²) in [5, 5.41) is 19.1. The molecule has 0 saturated carbocycles. The first kappa shape index (κ1) is 16.1. The Balaban J connectivity index is 2.50. The number of fused-ring (bicyclic) bond motifs is 1. The molecule has 2 N–H and O–H groups in total. The Kier molecular flexibility index (Phi) is 4.79. The fourth-order valence-electron chi connectivity index (χ4n) is 3.38. The van der Waals surface area contributed by atoms with Gasteiger partial charge in [-0.25, -0.2) is 0 Å². The molecule has 1 heterocycles. The van der Waals surface area contributed by atoms with E-state index in [9.17, 15) is 10.2 Å². The van der Waals surface area contributed by atoms with E-state index in [0.29, 0.717) is 19.1 Å². The van der Waals surface area contributed by atoms with Crippen molar-refractivity contribution in [2.24, 2.45) is 0 Å². The summed E-state index contributed by atoms with van der Waals surface area (Å²) in [6, 6.07) is 6.14. The van der Waals surface area contributed by atoms with Crippen molar-refractivity contribution in [1.29, 1.82) is 0 Å². The zero-order valence-corrected chi connectivity index (χ0v) is 13.5. The van der Waals surface area contributed by atoms with Gasteiger partial charge in [-0.05, 0) is 44.7 Å². The summed E-state index contributed by atoms with van der Waals surface area (Å²) >= 11 is 0. The number of nitrogens with zero attached hydrogens (tertiary/aromatic N) is 1. The average Bonchev–Trinajstić information content (AvgIpc) is 2.43. The SMILES string of the molecule is CCOc1cccc2c1N(CC(O)CO)C(C)(C)CC2C. The Morgan fingerprint density at radius 3 is 2.76 bits per heavy atom. The number of para-hydroxylation sites is 1. The number of hydrogen-bond donors (Lipinski definition) is 2. The quantitative estimate of drug-likeness (QED) is 0.876. The summed E-state index contributed by atoms with van der Waals surface area (Å²) in [4.78, 5) is 2.19. The molecule has 21 heavy (non-hydrogen) atoms. The predicted molar refractivity (Wildman–Crippen MR) is 85.2 cm³/mol. The van der Waals surface area contributed by atoms with Gasteiger partial charge in [0.15, 0.2) is 0 Å². The van der Waals surface area contributed by atoms with E-state index < -0.39 is 6.10 Å². The molecule has 0 bridgehead atoms. The number of anilines is 1. The van der Waals surface area contributed by atoms with Crippen molar-refractivity contribution in [2.45, 2.75) is 51.7 Å². The standard InChI is InChI=1S/C17H27NO3/c1-5-21-15-8-6-7-14-12(2)9-17(3,4)18(16(14)15)10-13(20)11-19/h6-8,12-13,19-20H,5,9-11H2,1-4H3. The number of benzene rings is 1. The Labute approximate surface area is 127 Å². The number of aliphatic hydroxyl groups is 2. The highest BCUT2D eigenvalue weighted by Crippen LogP contribution is 2.47. The molecule has 118 valence electrons. The summed E-state index contributed by atoms with van der Waals surface area (Å²) in [6.07, 6.45) is 0.258. The van der Waals surface area contributed by atoms with Crippen LogP contribution in [0.5, 0.6) is 5.75 Å². The maximum atomic E-state index is 9.92. The minimum atomic E-state index is -0.750.